The summed E-state index contributed by atoms with van der Waals surface area (Å²) >= 11 is 3.39. The first-order valence-electron chi connectivity index (χ1n) is 8.32. The molecule has 0 aliphatic carbocycles. The number of hydrogen-bond donors (Lipinski definition) is 0. The second kappa shape index (κ2) is 6.82. The Morgan fingerprint density at radius 2 is 1.56 bits per heavy atom. The second-order valence-electron chi connectivity index (χ2n) is 6.27. The van der Waals surface area contributed by atoms with Gasteiger partial charge in [-0.15, -0.1) is 0 Å². The van der Waals surface area contributed by atoms with Crippen LogP contribution in [-0.4, -0.2) is 11.7 Å². The van der Waals surface area contributed by atoms with Crippen molar-refractivity contribution in [3.8, 4) is 17.2 Å². The number of rotatable bonds is 3. The number of benzene rings is 3. The Kier molecular flexibility index (Phi) is 4.35. The van der Waals surface area contributed by atoms with Gasteiger partial charge in [0.25, 0.3) is 11.7 Å². The van der Waals surface area contributed by atoms with E-state index >= 15 is 0 Å². The summed E-state index contributed by atoms with van der Waals surface area (Å²) in [4.78, 5) is 26.5. The molecular weight excluding hydrogens is 404 g/mol. The van der Waals surface area contributed by atoms with Gasteiger partial charge in [0.2, 0.25) is 0 Å². The number of hydrogen-bond acceptors (Lipinski definition) is 3. The lowest BCUT2D eigenvalue weighted by Gasteiger charge is -2.17. The number of carbonyl (C=O) groups excluding carboxylic acids is 2. The number of halogens is 1. The smallest absolute Gasteiger partial charge is 0.299 e. The third kappa shape index (κ3) is 3.16. The van der Waals surface area contributed by atoms with E-state index in [-0.39, 0.29) is 0 Å². The molecule has 130 valence electrons. The van der Waals surface area contributed by atoms with Crippen molar-refractivity contribution < 1.29 is 9.59 Å². The van der Waals surface area contributed by atoms with Gasteiger partial charge in [-0.2, -0.15) is 5.26 Å². The Balaban J connectivity index is 1.68. The number of fused-ring (bicyclic) bond motifs is 1. The van der Waals surface area contributed by atoms with E-state index in [2.05, 4.69) is 22.0 Å². The molecule has 1 aliphatic rings. The van der Waals surface area contributed by atoms with Crippen LogP contribution in [0.15, 0.2) is 71.2 Å². The third-order valence-electron chi connectivity index (χ3n) is 4.57. The van der Waals surface area contributed by atoms with Gasteiger partial charge < -0.3 is 4.90 Å². The molecule has 4 rings (SSSR count). The van der Waals surface area contributed by atoms with Gasteiger partial charge in [0.15, 0.2) is 0 Å². The molecule has 0 atom stereocenters. The first-order chi connectivity index (χ1) is 13.1. The first-order valence-corrected chi connectivity index (χ1v) is 9.11. The average molecular weight is 417 g/mol. The van der Waals surface area contributed by atoms with E-state index in [0.29, 0.717) is 23.4 Å². The molecule has 3 aromatic rings. The van der Waals surface area contributed by atoms with Crippen molar-refractivity contribution >= 4 is 33.3 Å². The lowest BCUT2D eigenvalue weighted by Crippen LogP contribution is -2.29. The monoisotopic (exact) mass is 416 g/mol. The number of nitrogens with zero attached hydrogens (tertiary/aromatic N) is 2. The van der Waals surface area contributed by atoms with E-state index in [1.807, 2.05) is 48.5 Å². The molecule has 4 nitrogen and oxygen atoms in total. The van der Waals surface area contributed by atoms with Gasteiger partial charge in [-0.25, -0.2) is 0 Å². The molecule has 0 N–H and O–H groups in total. The average Bonchev–Trinajstić information content (AvgIpc) is 2.94. The summed E-state index contributed by atoms with van der Waals surface area (Å²) in [5, 5.41) is 8.91. The minimum absolute atomic E-state index is 0.348. The van der Waals surface area contributed by atoms with E-state index in [1.54, 1.807) is 18.2 Å². The Labute approximate surface area is 164 Å². The van der Waals surface area contributed by atoms with Gasteiger partial charge in [0.1, 0.15) is 0 Å². The van der Waals surface area contributed by atoms with E-state index in [1.165, 1.54) is 4.90 Å². The van der Waals surface area contributed by atoms with Crippen LogP contribution in [0.2, 0.25) is 0 Å². The maximum absolute atomic E-state index is 12.5. The molecule has 1 heterocycles. The zero-order chi connectivity index (χ0) is 19.0. The number of anilines is 1. The van der Waals surface area contributed by atoms with Crippen molar-refractivity contribution in [3.05, 3.63) is 87.9 Å². The number of ketones is 1. The van der Waals surface area contributed by atoms with Crippen LogP contribution in [0.4, 0.5) is 5.69 Å². The number of Topliss-reactive ketones (excluding diaryl/α,β-unsaturated/α-hetero) is 1. The minimum Gasteiger partial charge on any atom is -0.300 e. The minimum atomic E-state index is -0.509. The SMILES string of the molecule is N#Cc1ccc(-c2ccc3c(c2)C(=O)C(=O)N3Cc2ccc(Br)cc2)cc1. The molecule has 3 aromatic carbocycles. The van der Waals surface area contributed by atoms with Crippen LogP contribution in [0.3, 0.4) is 0 Å². The van der Waals surface area contributed by atoms with Gasteiger partial charge >= 0.3 is 0 Å². The molecule has 0 saturated heterocycles. The molecule has 0 fully saturated rings. The van der Waals surface area contributed by atoms with Gasteiger partial charge in [-0.1, -0.05) is 46.3 Å². The molecular formula is C22H13BrN2O2. The summed E-state index contributed by atoms with van der Waals surface area (Å²) in [6.45, 7) is 0.348. The van der Waals surface area contributed by atoms with Crippen molar-refractivity contribution in [1.82, 2.24) is 0 Å². The van der Waals surface area contributed by atoms with Gasteiger partial charge in [-0.3, -0.25) is 9.59 Å². The lowest BCUT2D eigenvalue weighted by molar-refractivity contribution is -0.114. The Hall–Kier alpha value is -3.23. The zero-order valence-corrected chi connectivity index (χ0v) is 15.7. The van der Waals surface area contributed by atoms with Gasteiger partial charge in [0.05, 0.1) is 29.4 Å². The van der Waals surface area contributed by atoms with Crippen LogP contribution in [0.1, 0.15) is 21.5 Å². The molecule has 0 bridgehead atoms. The fourth-order valence-corrected chi connectivity index (χ4v) is 3.41. The fourth-order valence-electron chi connectivity index (χ4n) is 3.15. The molecule has 0 aromatic heterocycles. The Morgan fingerprint density at radius 1 is 0.889 bits per heavy atom. The molecule has 0 saturated carbocycles. The van der Waals surface area contributed by atoms with Crippen LogP contribution in [-0.2, 0) is 11.3 Å². The Bertz CT molecular complexity index is 1100. The van der Waals surface area contributed by atoms with Crippen LogP contribution < -0.4 is 4.90 Å². The van der Waals surface area contributed by atoms with Crippen molar-refractivity contribution in [2.75, 3.05) is 4.90 Å². The van der Waals surface area contributed by atoms with Crippen molar-refractivity contribution in [2.24, 2.45) is 0 Å². The summed E-state index contributed by atoms with van der Waals surface area (Å²) in [6.07, 6.45) is 0. The van der Waals surface area contributed by atoms with Crippen LogP contribution >= 0.6 is 15.9 Å². The van der Waals surface area contributed by atoms with Crippen molar-refractivity contribution in [2.45, 2.75) is 6.54 Å². The third-order valence-corrected chi connectivity index (χ3v) is 5.10. The number of carbonyl (C=O) groups is 2. The Morgan fingerprint density at radius 3 is 2.22 bits per heavy atom. The topological polar surface area (TPSA) is 61.2 Å². The summed E-state index contributed by atoms with van der Waals surface area (Å²) in [6, 6.07) is 22.3. The highest BCUT2D eigenvalue weighted by Gasteiger charge is 2.35. The second-order valence-corrected chi connectivity index (χ2v) is 7.18. The summed E-state index contributed by atoms with van der Waals surface area (Å²) in [5.41, 5.74) is 4.30. The van der Waals surface area contributed by atoms with E-state index in [9.17, 15) is 9.59 Å². The summed E-state index contributed by atoms with van der Waals surface area (Å²) in [7, 11) is 0. The highest BCUT2D eigenvalue weighted by atomic mass is 79.9. The fraction of sp³-hybridized carbons (Fsp3) is 0.0455. The quantitative estimate of drug-likeness (QED) is 0.580. The molecule has 5 heteroatoms. The predicted molar refractivity (Wildman–Crippen MR) is 106 cm³/mol. The number of amides is 1. The summed E-state index contributed by atoms with van der Waals surface area (Å²) in [5.74, 6) is -0.998. The predicted octanol–water partition coefficient (Wildman–Crippen LogP) is 4.72. The van der Waals surface area contributed by atoms with Crippen molar-refractivity contribution in [1.29, 1.82) is 5.26 Å². The highest BCUT2D eigenvalue weighted by molar-refractivity contribution is 9.10. The van der Waals surface area contributed by atoms with Crippen molar-refractivity contribution in [3.63, 3.8) is 0 Å². The molecule has 1 aliphatic heterocycles. The zero-order valence-electron chi connectivity index (χ0n) is 14.1. The van der Waals surface area contributed by atoms with E-state index in [0.717, 1.165) is 21.2 Å². The summed E-state index contributed by atoms with van der Waals surface area (Å²) < 4.78 is 0.961. The van der Waals surface area contributed by atoms with Gasteiger partial charge in [0, 0.05) is 4.47 Å². The largest absolute Gasteiger partial charge is 0.300 e. The molecule has 0 unspecified atom stereocenters. The molecule has 27 heavy (non-hydrogen) atoms. The van der Waals surface area contributed by atoms with Crippen LogP contribution in [0.25, 0.3) is 11.1 Å². The number of nitriles is 1. The molecule has 0 spiro atoms. The van der Waals surface area contributed by atoms with Crippen LogP contribution in [0.5, 0.6) is 0 Å². The first kappa shape index (κ1) is 17.2. The van der Waals surface area contributed by atoms with E-state index < -0.39 is 11.7 Å². The van der Waals surface area contributed by atoms with Crippen LogP contribution in [0, 0.1) is 11.3 Å². The van der Waals surface area contributed by atoms with E-state index in [4.69, 9.17) is 5.26 Å². The molecule has 1 amide bonds. The standard InChI is InChI=1S/C22H13BrN2O2/c23-18-8-3-15(4-9-18)13-25-20-10-7-17(11-19(20)21(26)22(25)27)16-5-1-14(12-24)2-6-16/h1-11H,13H2. The molecule has 0 radical (unpaired) electrons. The normalized spacial score (nSPS) is 12.8. The maximum Gasteiger partial charge on any atom is 0.299 e. The van der Waals surface area contributed by atoms with Gasteiger partial charge in [-0.05, 0) is 53.1 Å². The highest BCUT2D eigenvalue weighted by Crippen LogP contribution is 2.34. The maximum atomic E-state index is 12.5. The lowest BCUT2D eigenvalue weighted by atomic mass is 10.0.